The molecule has 0 heterocycles. The lowest BCUT2D eigenvalue weighted by atomic mass is 10.1. The van der Waals surface area contributed by atoms with E-state index in [0.29, 0.717) is 17.3 Å². The molecule has 0 saturated carbocycles. The molecular formula is C16H16ClFN2O. The molecule has 0 aromatic heterocycles. The lowest BCUT2D eigenvalue weighted by molar-refractivity contribution is -0.115. The van der Waals surface area contributed by atoms with Gasteiger partial charge in [0.1, 0.15) is 5.82 Å². The number of rotatable bonds is 6. The topological polar surface area (TPSA) is 41.1 Å². The van der Waals surface area contributed by atoms with Crippen LogP contribution in [-0.4, -0.2) is 19.0 Å². The van der Waals surface area contributed by atoms with Crippen LogP contribution < -0.4 is 10.6 Å². The molecular weight excluding hydrogens is 291 g/mol. The van der Waals surface area contributed by atoms with Gasteiger partial charge in [-0.15, -0.1) is 0 Å². The van der Waals surface area contributed by atoms with Gasteiger partial charge < -0.3 is 10.6 Å². The monoisotopic (exact) mass is 306 g/mol. The van der Waals surface area contributed by atoms with Gasteiger partial charge in [0.25, 0.3) is 0 Å². The SMILES string of the molecule is O=C(CNCCc1ccc(F)cc1)Nc1ccc(Cl)cc1. The van der Waals surface area contributed by atoms with Crippen LogP contribution >= 0.6 is 11.6 Å². The summed E-state index contributed by atoms with van der Waals surface area (Å²) in [7, 11) is 0. The van der Waals surface area contributed by atoms with Crippen molar-refractivity contribution in [1.82, 2.24) is 5.32 Å². The first kappa shape index (κ1) is 15.5. The minimum atomic E-state index is -0.242. The lowest BCUT2D eigenvalue weighted by Gasteiger charge is -2.07. The van der Waals surface area contributed by atoms with Crippen LogP contribution in [0.5, 0.6) is 0 Å². The lowest BCUT2D eigenvalue weighted by Crippen LogP contribution is -2.29. The summed E-state index contributed by atoms with van der Waals surface area (Å²) >= 11 is 5.77. The van der Waals surface area contributed by atoms with Gasteiger partial charge in [-0.3, -0.25) is 4.79 Å². The van der Waals surface area contributed by atoms with Crippen molar-refractivity contribution in [2.75, 3.05) is 18.4 Å². The fourth-order valence-electron chi connectivity index (χ4n) is 1.82. The summed E-state index contributed by atoms with van der Waals surface area (Å²) < 4.78 is 12.7. The largest absolute Gasteiger partial charge is 0.325 e. The Morgan fingerprint density at radius 1 is 1.05 bits per heavy atom. The zero-order chi connectivity index (χ0) is 15.1. The van der Waals surface area contributed by atoms with Crippen LogP contribution in [0.2, 0.25) is 5.02 Å². The van der Waals surface area contributed by atoms with Gasteiger partial charge in [0.15, 0.2) is 0 Å². The number of halogens is 2. The van der Waals surface area contributed by atoms with Gasteiger partial charge in [-0.05, 0) is 54.9 Å². The maximum atomic E-state index is 12.7. The minimum Gasteiger partial charge on any atom is -0.325 e. The molecule has 110 valence electrons. The number of hydrogen-bond donors (Lipinski definition) is 2. The Labute approximate surface area is 128 Å². The minimum absolute atomic E-state index is 0.114. The number of carbonyl (C=O) groups excluding carboxylic acids is 1. The van der Waals surface area contributed by atoms with Crippen molar-refractivity contribution < 1.29 is 9.18 Å². The second kappa shape index (κ2) is 7.76. The average molecular weight is 307 g/mol. The van der Waals surface area contributed by atoms with E-state index in [9.17, 15) is 9.18 Å². The highest BCUT2D eigenvalue weighted by molar-refractivity contribution is 6.30. The van der Waals surface area contributed by atoms with Crippen molar-refractivity contribution in [1.29, 1.82) is 0 Å². The molecule has 3 nitrogen and oxygen atoms in total. The fraction of sp³-hybridized carbons (Fsp3) is 0.188. The van der Waals surface area contributed by atoms with E-state index in [1.807, 2.05) is 0 Å². The first-order valence-corrected chi connectivity index (χ1v) is 7.02. The van der Waals surface area contributed by atoms with E-state index in [1.165, 1.54) is 12.1 Å². The maximum absolute atomic E-state index is 12.7. The summed E-state index contributed by atoms with van der Waals surface area (Å²) in [5, 5.41) is 6.44. The number of amides is 1. The van der Waals surface area contributed by atoms with Gasteiger partial charge in [0.05, 0.1) is 6.54 Å². The van der Waals surface area contributed by atoms with Gasteiger partial charge in [-0.1, -0.05) is 23.7 Å². The fourth-order valence-corrected chi connectivity index (χ4v) is 1.95. The van der Waals surface area contributed by atoms with Crippen LogP contribution in [0.25, 0.3) is 0 Å². The molecule has 0 atom stereocenters. The van der Waals surface area contributed by atoms with Crippen molar-refractivity contribution >= 4 is 23.2 Å². The number of anilines is 1. The highest BCUT2D eigenvalue weighted by atomic mass is 35.5. The van der Waals surface area contributed by atoms with Gasteiger partial charge in [-0.2, -0.15) is 0 Å². The number of hydrogen-bond acceptors (Lipinski definition) is 2. The molecule has 0 radical (unpaired) electrons. The van der Waals surface area contributed by atoms with E-state index >= 15 is 0 Å². The summed E-state index contributed by atoms with van der Waals surface area (Å²) in [6.07, 6.45) is 0.745. The molecule has 2 aromatic carbocycles. The summed E-state index contributed by atoms with van der Waals surface area (Å²) in [5.41, 5.74) is 1.74. The van der Waals surface area contributed by atoms with Crippen LogP contribution in [0.4, 0.5) is 10.1 Å². The van der Waals surface area contributed by atoms with Crippen LogP contribution in [0.15, 0.2) is 48.5 Å². The number of nitrogens with one attached hydrogen (secondary N) is 2. The van der Waals surface area contributed by atoms with E-state index in [0.717, 1.165) is 12.0 Å². The van der Waals surface area contributed by atoms with Gasteiger partial charge in [-0.25, -0.2) is 4.39 Å². The van der Waals surface area contributed by atoms with Crippen molar-refractivity contribution in [3.05, 3.63) is 64.9 Å². The van der Waals surface area contributed by atoms with E-state index in [1.54, 1.807) is 36.4 Å². The van der Waals surface area contributed by atoms with E-state index in [-0.39, 0.29) is 18.3 Å². The normalized spacial score (nSPS) is 10.4. The molecule has 2 rings (SSSR count). The molecule has 2 N–H and O–H groups in total. The Bertz CT molecular complexity index is 584. The average Bonchev–Trinajstić information content (AvgIpc) is 2.48. The Morgan fingerprint density at radius 2 is 1.71 bits per heavy atom. The predicted octanol–water partition coefficient (Wildman–Crippen LogP) is 3.25. The zero-order valence-corrected chi connectivity index (χ0v) is 12.2. The summed E-state index contributed by atoms with van der Waals surface area (Å²) in [5.74, 6) is -0.356. The molecule has 21 heavy (non-hydrogen) atoms. The highest BCUT2D eigenvalue weighted by Gasteiger charge is 2.02. The molecule has 2 aromatic rings. The second-order valence-corrected chi connectivity index (χ2v) is 5.04. The third-order valence-corrected chi connectivity index (χ3v) is 3.17. The van der Waals surface area contributed by atoms with Gasteiger partial charge in [0, 0.05) is 10.7 Å². The van der Waals surface area contributed by atoms with Gasteiger partial charge >= 0.3 is 0 Å². The summed E-state index contributed by atoms with van der Waals surface area (Å²) in [6, 6.07) is 13.3. The van der Waals surface area contributed by atoms with Crippen molar-refractivity contribution in [3.63, 3.8) is 0 Å². The molecule has 1 amide bonds. The first-order valence-electron chi connectivity index (χ1n) is 6.64. The molecule has 0 unspecified atom stereocenters. The van der Waals surface area contributed by atoms with Crippen LogP contribution in [0, 0.1) is 5.82 Å². The smallest absolute Gasteiger partial charge is 0.238 e. The van der Waals surface area contributed by atoms with E-state index < -0.39 is 0 Å². The Balaban J connectivity index is 1.67. The summed E-state index contributed by atoms with van der Waals surface area (Å²) in [4.78, 5) is 11.7. The standard InChI is InChI=1S/C16H16ClFN2O/c17-13-3-7-15(8-4-13)20-16(21)11-19-10-9-12-1-5-14(18)6-2-12/h1-8,19H,9-11H2,(H,20,21). The molecule has 0 saturated heterocycles. The molecule has 5 heteroatoms. The Hall–Kier alpha value is -1.91. The highest BCUT2D eigenvalue weighted by Crippen LogP contribution is 2.12. The van der Waals surface area contributed by atoms with Crippen molar-refractivity contribution in [3.8, 4) is 0 Å². The molecule has 0 bridgehead atoms. The maximum Gasteiger partial charge on any atom is 0.238 e. The first-order chi connectivity index (χ1) is 10.1. The van der Waals surface area contributed by atoms with E-state index in [2.05, 4.69) is 10.6 Å². The second-order valence-electron chi connectivity index (χ2n) is 4.61. The molecule has 0 aliphatic heterocycles. The number of carbonyl (C=O) groups is 1. The van der Waals surface area contributed by atoms with Crippen LogP contribution in [-0.2, 0) is 11.2 Å². The quantitative estimate of drug-likeness (QED) is 0.804. The van der Waals surface area contributed by atoms with Crippen molar-refractivity contribution in [2.24, 2.45) is 0 Å². The predicted molar refractivity (Wildman–Crippen MR) is 83.1 cm³/mol. The zero-order valence-electron chi connectivity index (χ0n) is 11.4. The van der Waals surface area contributed by atoms with Crippen molar-refractivity contribution in [2.45, 2.75) is 6.42 Å². The van der Waals surface area contributed by atoms with Gasteiger partial charge in [0.2, 0.25) is 5.91 Å². The molecule has 0 spiro atoms. The van der Waals surface area contributed by atoms with Crippen LogP contribution in [0.1, 0.15) is 5.56 Å². The van der Waals surface area contributed by atoms with E-state index in [4.69, 9.17) is 11.6 Å². The Morgan fingerprint density at radius 3 is 2.38 bits per heavy atom. The molecule has 0 fully saturated rings. The van der Waals surface area contributed by atoms with Crippen LogP contribution in [0.3, 0.4) is 0 Å². The number of benzene rings is 2. The Kier molecular flexibility index (Phi) is 5.72. The molecule has 0 aliphatic carbocycles. The molecule has 0 aliphatic rings. The third kappa shape index (κ3) is 5.53. The summed E-state index contributed by atoms with van der Waals surface area (Å²) in [6.45, 7) is 0.878. The third-order valence-electron chi connectivity index (χ3n) is 2.92.